The first-order chi connectivity index (χ1) is 12.1. The van der Waals surface area contributed by atoms with Crippen molar-refractivity contribution in [2.45, 2.75) is 19.4 Å². The van der Waals surface area contributed by atoms with E-state index in [1.807, 2.05) is 25.2 Å². The fourth-order valence-corrected chi connectivity index (χ4v) is 3.27. The highest BCUT2D eigenvalue weighted by molar-refractivity contribution is 5.91. The SMILES string of the molecule is C[NH+](CC(=O)Nc1ccc(N2CCCC2)cc1)Cc1cccc(F)c1. The fourth-order valence-electron chi connectivity index (χ4n) is 3.27. The molecule has 3 rings (SSSR count). The van der Waals surface area contributed by atoms with E-state index in [4.69, 9.17) is 0 Å². The van der Waals surface area contributed by atoms with E-state index in [0.29, 0.717) is 13.1 Å². The number of hydrogen-bond acceptors (Lipinski definition) is 2. The van der Waals surface area contributed by atoms with Crippen molar-refractivity contribution in [2.75, 3.05) is 36.9 Å². The number of halogens is 1. The van der Waals surface area contributed by atoms with Crippen molar-refractivity contribution in [3.63, 3.8) is 0 Å². The molecule has 1 saturated heterocycles. The van der Waals surface area contributed by atoms with Gasteiger partial charge in [-0.25, -0.2) is 4.39 Å². The maximum atomic E-state index is 13.2. The molecule has 1 fully saturated rings. The molecule has 132 valence electrons. The second kappa shape index (κ2) is 8.12. The van der Waals surface area contributed by atoms with Crippen LogP contribution in [0, 0.1) is 5.82 Å². The Morgan fingerprint density at radius 2 is 1.88 bits per heavy atom. The van der Waals surface area contributed by atoms with Gasteiger partial charge in [-0.3, -0.25) is 4.79 Å². The fraction of sp³-hybridized carbons (Fsp3) is 0.350. The third-order valence-corrected chi connectivity index (χ3v) is 4.48. The number of quaternary nitrogens is 1. The van der Waals surface area contributed by atoms with Gasteiger partial charge < -0.3 is 15.1 Å². The van der Waals surface area contributed by atoms with Crippen LogP contribution in [0.25, 0.3) is 0 Å². The number of carbonyl (C=O) groups is 1. The molecule has 1 aliphatic heterocycles. The molecule has 1 heterocycles. The van der Waals surface area contributed by atoms with Crippen LogP contribution in [0.4, 0.5) is 15.8 Å². The van der Waals surface area contributed by atoms with E-state index in [0.717, 1.165) is 29.2 Å². The zero-order chi connectivity index (χ0) is 17.6. The highest BCUT2D eigenvalue weighted by atomic mass is 19.1. The van der Waals surface area contributed by atoms with Gasteiger partial charge in [0.2, 0.25) is 0 Å². The summed E-state index contributed by atoms with van der Waals surface area (Å²) in [5.74, 6) is -0.282. The molecule has 2 aromatic carbocycles. The van der Waals surface area contributed by atoms with Crippen LogP contribution in [-0.2, 0) is 11.3 Å². The number of benzene rings is 2. The average Bonchev–Trinajstić information content (AvgIpc) is 3.09. The first-order valence-corrected chi connectivity index (χ1v) is 8.81. The van der Waals surface area contributed by atoms with Gasteiger partial charge in [0.05, 0.1) is 7.05 Å². The summed E-state index contributed by atoms with van der Waals surface area (Å²) in [6.07, 6.45) is 2.50. The first-order valence-electron chi connectivity index (χ1n) is 8.81. The van der Waals surface area contributed by atoms with E-state index >= 15 is 0 Å². The Hall–Kier alpha value is -2.40. The summed E-state index contributed by atoms with van der Waals surface area (Å²) >= 11 is 0. The summed E-state index contributed by atoms with van der Waals surface area (Å²) in [7, 11) is 1.93. The number of nitrogens with zero attached hydrogens (tertiary/aromatic N) is 1. The summed E-state index contributed by atoms with van der Waals surface area (Å²) in [5, 5.41) is 2.94. The van der Waals surface area contributed by atoms with Crippen LogP contribution in [0.2, 0.25) is 0 Å². The Morgan fingerprint density at radius 3 is 2.56 bits per heavy atom. The molecule has 1 aliphatic rings. The summed E-state index contributed by atoms with van der Waals surface area (Å²) in [6.45, 7) is 3.17. The number of nitrogens with one attached hydrogen (secondary N) is 2. The standard InChI is InChI=1S/C20H24FN3O/c1-23(14-16-5-4-6-17(21)13-16)15-20(25)22-18-7-9-19(10-8-18)24-11-2-3-12-24/h4-10,13H,2-3,11-12,14-15H2,1H3,(H,22,25)/p+1. The molecule has 0 spiro atoms. The molecule has 0 aliphatic carbocycles. The van der Waals surface area contributed by atoms with E-state index in [1.54, 1.807) is 6.07 Å². The van der Waals surface area contributed by atoms with Crippen molar-refractivity contribution in [1.29, 1.82) is 0 Å². The van der Waals surface area contributed by atoms with Gasteiger partial charge in [0.1, 0.15) is 12.4 Å². The molecule has 2 aromatic rings. The third-order valence-electron chi connectivity index (χ3n) is 4.48. The molecule has 0 saturated carbocycles. The van der Waals surface area contributed by atoms with Crippen LogP contribution in [0.5, 0.6) is 0 Å². The number of carbonyl (C=O) groups excluding carboxylic acids is 1. The lowest BCUT2D eigenvalue weighted by Gasteiger charge is -2.18. The molecule has 1 atom stereocenters. The first kappa shape index (κ1) is 17.4. The number of amides is 1. The zero-order valence-corrected chi connectivity index (χ0v) is 14.6. The Bertz CT molecular complexity index is 711. The normalized spacial score (nSPS) is 15.2. The molecule has 1 amide bonds. The largest absolute Gasteiger partial charge is 0.372 e. The van der Waals surface area contributed by atoms with E-state index < -0.39 is 0 Å². The Labute approximate surface area is 148 Å². The molecule has 0 radical (unpaired) electrons. The van der Waals surface area contributed by atoms with Crippen molar-refractivity contribution in [3.8, 4) is 0 Å². The summed E-state index contributed by atoms with van der Waals surface area (Å²) in [5.41, 5.74) is 2.91. The number of rotatable bonds is 6. The van der Waals surface area contributed by atoms with Crippen molar-refractivity contribution < 1.29 is 14.1 Å². The Balaban J connectivity index is 1.49. The lowest BCUT2D eigenvalue weighted by Crippen LogP contribution is -3.08. The van der Waals surface area contributed by atoms with Crippen molar-refractivity contribution >= 4 is 17.3 Å². The number of anilines is 2. The minimum absolute atomic E-state index is 0.0391. The lowest BCUT2D eigenvalue weighted by molar-refractivity contribution is -0.885. The molecular weight excluding hydrogens is 317 g/mol. The maximum absolute atomic E-state index is 13.2. The van der Waals surface area contributed by atoms with Gasteiger partial charge in [0.25, 0.3) is 5.91 Å². The highest BCUT2D eigenvalue weighted by Crippen LogP contribution is 2.21. The summed E-state index contributed by atoms with van der Waals surface area (Å²) in [6, 6.07) is 14.5. The topological polar surface area (TPSA) is 36.8 Å². The second-order valence-electron chi connectivity index (χ2n) is 6.73. The van der Waals surface area contributed by atoms with Crippen molar-refractivity contribution in [1.82, 2.24) is 0 Å². The Kier molecular flexibility index (Phi) is 5.66. The number of hydrogen-bond donors (Lipinski definition) is 2. The predicted molar refractivity (Wildman–Crippen MR) is 98.4 cm³/mol. The quantitative estimate of drug-likeness (QED) is 0.843. The van der Waals surface area contributed by atoms with E-state index in [1.165, 1.54) is 30.7 Å². The van der Waals surface area contributed by atoms with Gasteiger partial charge in [-0.2, -0.15) is 0 Å². The summed E-state index contributed by atoms with van der Waals surface area (Å²) < 4.78 is 13.2. The lowest BCUT2D eigenvalue weighted by atomic mass is 10.2. The van der Waals surface area contributed by atoms with Crippen molar-refractivity contribution in [2.24, 2.45) is 0 Å². The molecule has 2 N–H and O–H groups in total. The molecule has 5 heteroatoms. The maximum Gasteiger partial charge on any atom is 0.279 e. The Morgan fingerprint density at radius 1 is 1.16 bits per heavy atom. The van der Waals surface area contributed by atoms with Crippen LogP contribution in [0.1, 0.15) is 18.4 Å². The van der Waals surface area contributed by atoms with Gasteiger partial charge in [-0.05, 0) is 49.2 Å². The second-order valence-corrected chi connectivity index (χ2v) is 6.73. The van der Waals surface area contributed by atoms with Crippen LogP contribution in [-0.4, -0.2) is 32.6 Å². The van der Waals surface area contributed by atoms with Crippen LogP contribution < -0.4 is 15.1 Å². The van der Waals surface area contributed by atoms with Gasteiger partial charge in [-0.15, -0.1) is 0 Å². The predicted octanol–water partition coefficient (Wildman–Crippen LogP) is 2.08. The average molecular weight is 342 g/mol. The van der Waals surface area contributed by atoms with Gasteiger partial charge in [-0.1, -0.05) is 12.1 Å². The monoisotopic (exact) mass is 342 g/mol. The third kappa shape index (κ3) is 5.03. The zero-order valence-electron chi connectivity index (χ0n) is 14.6. The van der Waals surface area contributed by atoms with Crippen LogP contribution in [0.15, 0.2) is 48.5 Å². The highest BCUT2D eigenvalue weighted by Gasteiger charge is 2.13. The van der Waals surface area contributed by atoms with Crippen LogP contribution in [0.3, 0.4) is 0 Å². The molecule has 4 nitrogen and oxygen atoms in total. The smallest absolute Gasteiger partial charge is 0.279 e. The van der Waals surface area contributed by atoms with Crippen molar-refractivity contribution in [3.05, 3.63) is 59.9 Å². The number of likely N-dealkylation sites (N-methyl/N-ethyl adjacent to an activating group) is 1. The molecular formula is C20H25FN3O+. The summed E-state index contributed by atoms with van der Waals surface area (Å²) in [4.78, 5) is 15.6. The minimum atomic E-state index is -0.243. The van der Waals surface area contributed by atoms with Gasteiger partial charge in [0, 0.05) is 30.0 Å². The molecule has 0 bridgehead atoms. The van der Waals surface area contributed by atoms with E-state index in [-0.39, 0.29) is 11.7 Å². The van der Waals surface area contributed by atoms with E-state index in [2.05, 4.69) is 22.3 Å². The molecule has 1 unspecified atom stereocenters. The van der Waals surface area contributed by atoms with Gasteiger partial charge >= 0.3 is 0 Å². The molecule has 0 aromatic heterocycles. The molecule has 25 heavy (non-hydrogen) atoms. The van der Waals surface area contributed by atoms with E-state index in [9.17, 15) is 9.18 Å². The minimum Gasteiger partial charge on any atom is -0.372 e. The van der Waals surface area contributed by atoms with Crippen LogP contribution >= 0.6 is 0 Å². The van der Waals surface area contributed by atoms with Gasteiger partial charge in [0.15, 0.2) is 6.54 Å².